The summed E-state index contributed by atoms with van der Waals surface area (Å²) in [6.45, 7) is 5.71. The molecule has 0 saturated carbocycles. The van der Waals surface area contributed by atoms with Crippen molar-refractivity contribution in [3.8, 4) is 0 Å². The topological polar surface area (TPSA) is 116 Å². The minimum absolute atomic E-state index is 0.0264. The molecule has 0 radical (unpaired) electrons. The normalized spacial score (nSPS) is 12.8. The van der Waals surface area contributed by atoms with Gasteiger partial charge in [0.15, 0.2) is 0 Å². The van der Waals surface area contributed by atoms with E-state index in [-0.39, 0.29) is 39.0 Å². The Labute approximate surface area is 258 Å². The molecule has 4 N–H and O–H groups in total. The first-order chi connectivity index (χ1) is 17.4. The maximum absolute atomic E-state index is 13.1. The molecule has 0 fully saturated rings. The minimum atomic E-state index is -0.660. The predicted molar refractivity (Wildman–Crippen MR) is 154 cm³/mol. The summed E-state index contributed by atoms with van der Waals surface area (Å²) in [5.74, 6) is -0.322. The molecule has 0 rings (SSSR count). The van der Waals surface area contributed by atoms with Crippen LogP contribution in [0.4, 0.5) is 0 Å². The summed E-state index contributed by atoms with van der Waals surface area (Å²) in [6.07, 6.45) is 11.2. The van der Waals surface area contributed by atoms with Crippen molar-refractivity contribution in [2.24, 2.45) is 0 Å². The molecule has 214 valence electrons. The van der Waals surface area contributed by atoms with E-state index in [9.17, 15) is 19.2 Å². The molecule has 36 heavy (non-hydrogen) atoms. The molecule has 0 aromatic carbocycles. The number of hydrogen-bond acceptors (Lipinski definition) is 5. The summed E-state index contributed by atoms with van der Waals surface area (Å²) in [6, 6.07) is -1.13. The van der Waals surface area contributed by atoms with E-state index in [4.69, 9.17) is 0 Å². The van der Waals surface area contributed by atoms with Crippen LogP contribution in [0, 0.1) is 0 Å². The molecule has 3 amide bonds. The Morgan fingerprint density at radius 3 is 1.86 bits per heavy atom. The van der Waals surface area contributed by atoms with E-state index >= 15 is 0 Å². The van der Waals surface area contributed by atoms with Crippen LogP contribution in [-0.2, 0) is 19.2 Å². The first-order valence-electron chi connectivity index (χ1n) is 13.0. The van der Waals surface area contributed by atoms with Gasteiger partial charge < -0.3 is 0 Å². The number of halogens is 4. The zero-order chi connectivity index (χ0) is 27.0. The van der Waals surface area contributed by atoms with Gasteiger partial charge in [-0.15, -0.1) is 0 Å². The standard InChI is InChI=1S/C24H44I4N4O4/c1-3-5-7-15-21(33)29-17-11-9-14-20(31-22(34)16-8-6-4-2)24(36)32-19(23(35)27-25)13-10-12-18-30-28-26/h19-20,30H,3-18H2,1-2H3,(H,29,33)(H,31,34)(H,32,36)/q-2. The van der Waals surface area contributed by atoms with Crippen molar-refractivity contribution < 1.29 is 53.9 Å². The van der Waals surface area contributed by atoms with Crippen LogP contribution in [0.3, 0.4) is 0 Å². The Kier molecular flexibility index (Phi) is 26.9. The van der Waals surface area contributed by atoms with Gasteiger partial charge in [0.1, 0.15) is 0 Å². The maximum atomic E-state index is 13.1. The van der Waals surface area contributed by atoms with Crippen molar-refractivity contribution in [3.63, 3.8) is 0 Å². The van der Waals surface area contributed by atoms with E-state index in [2.05, 4.69) is 70.6 Å². The fourth-order valence-electron chi connectivity index (χ4n) is 3.54. The number of unbranched alkanes of at least 4 members (excludes halogenated alkanes) is 6. The second-order valence-corrected chi connectivity index (χ2v) is 16.9. The molecule has 0 aliphatic rings. The molecule has 0 heterocycles. The van der Waals surface area contributed by atoms with Gasteiger partial charge in [-0.25, -0.2) is 0 Å². The molecule has 0 bridgehead atoms. The average Bonchev–Trinajstić information content (AvgIpc) is 2.86. The first-order valence-corrected chi connectivity index (χ1v) is 27.8. The quantitative estimate of drug-likeness (QED) is 0.0407. The van der Waals surface area contributed by atoms with Crippen LogP contribution in [0.2, 0.25) is 0 Å². The fraction of sp³-hybridized carbons (Fsp3) is 0.833. The molecule has 0 aromatic rings. The van der Waals surface area contributed by atoms with Gasteiger partial charge in [-0.05, 0) is 6.42 Å². The Morgan fingerprint density at radius 1 is 0.694 bits per heavy atom. The van der Waals surface area contributed by atoms with E-state index in [1.165, 1.54) is 0 Å². The Balaban J connectivity index is 4.85. The van der Waals surface area contributed by atoms with E-state index in [1.807, 2.05) is 0 Å². The molecule has 0 aromatic heterocycles. The monoisotopic (exact) mass is 960 g/mol. The number of amides is 3. The third-order valence-corrected chi connectivity index (χ3v) is 12.2. The van der Waals surface area contributed by atoms with Crippen LogP contribution in [-0.4, -0.2) is 46.7 Å². The van der Waals surface area contributed by atoms with Crippen molar-refractivity contribution in [1.29, 1.82) is 0 Å². The van der Waals surface area contributed by atoms with E-state index in [1.54, 1.807) is 0 Å². The Morgan fingerprint density at radius 2 is 1.28 bits per heavy atom. The number of nitrogens with one attached hydrogen (secondary N) is 4. The Bertz CT molecular complexity index is 629. The summed E-state index contributed by atoms with van der Waals surface area (Å²) >= 11 is 3.89. The summed E-state index contributed by atoms with van der Waals surface area (Å²) < 4.78 is 3.50. The number of rotatable bonds is 24. The summed E-state index contributed by atoms with van der Waals surface area (Å²) in [5.41, 5.74) is 0. The van der Waals surface area contributed by atoms with Gasteiger partial charge in [-0.2, -0.15) is 0 Å². The zero-order valence-electron chi connectivity index (χ0n) is 21.6. The van der Waals surface area contributed by atoms with Gasteiger partial charge in [0.2, 0.25) is 0 Å². The molecular weight excluding hydrogens is 916 g/mol. The predicted octanol–water partition coefficient (Wildman–Crippen LogP) is -1.52. The summed E-state index contributed by atoms with van der Waals surface area (Å²) in [4.78, 5) is 50.0. The fourth-order valence-corrected chi connectivity index (χ4v) is 8.15. The average molecular weight is 960 g/mol. The molecule has 0 aliphatic carbocycles. The SMILES string of the molecule is CCCCCC(=O)NCCCCC(NC(=O)CCCCC)C(=O)NC(CCCCN[I-]I)C(=O)[I-]I. The van der Waals surface area contributed by atoms with E-state index in [0.29, 0.717) is 38.6 Å². The van der Waals surface area contributed by atoms with Crippen molar-refractivity contribution in [1.82, 2.24) is 19.5 Å². The molecular formula is C24H44I4N4O4-2. The third-order valence-electron chi connectivity index (χ3n) is 5.63. The van der Waals surface area contributed by atoms with Gasteiger partial charge in [0.05, 0.1) is 0 Å². The number of carbonyl (C=O) groups excluding carboxylic acids is 4. The van der Waals surface area contributed by atoms with Crippen molar-refractivity contribution in [2.45, 2.75) is 116 Å². The molecule has 0 aliphatic heterocycles. The van der Waals surface area contributed by atoms with Gasteiger partial charge in [-0.1, -0.05) is 19.8 Å². The summed E-state index contributed by atoms with van der Waals surface area (Å²) in [7, 11) is 0. The molecule has 0 saturated heterocycles. The molecule has 2 unspecified atom stereocenters. The molecule has 12 heteroatoms. The van der Waals surface area contributed by atoms with Gasteiger partial charge in [0.25, 0.3) is 0 Å². The zero-order valence-corrected chi connectivity index (χ0v) is 30.2. The Hall–Kier alpha value is 0.960. The van der Waals surface area contributed by atoms with Crippen molar-refractivity contribution >= 4 is 58.7 Å². The molecule has 0 spiro atoms. The van der Waals surface area contributed by atoms with E-state index < -0.39 is 29.3 Å². The third kappa shape index (κ3) is 20.9. The van der Waals surface area contributed by atoms with Crippen LogP contribution in [0.1, 0.15) is 104 Å². The second-order valence-electron chi connectivity index (χ2n) is 8.77. The first kappa shape index (κ1) is 37.0. The van der Waals surface area contributed by atoms with E-state index in [0.717, 1.165) is 64.3 Å². The van der Waals surface area contributed by atoms with Crippen LogP contribution in [0.5, 0.6) is 0 Å². The van der Waals surface area contributed by atoms with Crippen molar-refractivity contribution in [2.75, 3.05) is 13.1 Å². The van der Waals surface area contributed by atoms with Gasteiger partial charge in [-0.3, -0.25) is 0 Å². The summed E-state index contributed by atoms with van der Waals surface area (Å²) in [5, 5.41) is 8.80. The molecule has 2 atom stereocenters. The van der Waals surface area contributed by atoms with Gasteiger partial charge in [0, 0.05) is 0 Å². The van der Waals surface area contributed by atoms with Crippen molar-refractivity contribution in [3.05, 3.63) is 0 Å². The molecule has 8 nitrogen and oxygen atoms in total. The van der Waals surface area contributed by atoms with Crippen LogP contribution >= 0.6 is 37.2 Å². The van der Waals surface area contributed by atoms with Crippen LogP contribution in [0.25, 0.3) is 0 Å². The number of carbonyl (C=O) groups is 4. The van der Waals surface area contributed by atoms with Crippen LogP contribution < -0.4 is 54.2 Å². The van der Waals surface area contributed by atoms with Gasteiger partial charge >= 0.3 is 235 Å². The van der Waals surface area contributed by atoms with Crippen LogP contribution in [0.15, 0.2) is 0 Å². The second kappa shape index (κ2) is 26.2. The number of hydrogen-bond donors (Lipinski definition) is 4.